The van der Waals surface area contributed by atoms with Gasteiger partial charge >= 0.3 is 6.03 Å². The summed E-state index contributed by atoms with van der Waals surface area (Å²) in [6.07, 6.45) is 0.912. The van der Waals surface area contributed by atoms with Gasteiger partial charge in [-0.1, -0.05) is 45.9 Å². The first-order valence-corrected chi connectivity index (χ1v) is 10.9. The van der Waals surface area contributed by atoms with Gasteiger partial charge in [-0.2, -0.15) is 0 Å². The number of hydrogen-bond donors (Lipinski definition) is 3. The molecule has 2 rings (SSSR count). The van der Waals surface area contributed by atoms with Crippen LogP contribution in [0.2, 0.25) is 0 Å². The van der Waals surface area contributed by atoms with Crippen LogP contribution in [-0.4, -0.2) is 36.4 Å². The van der Waals surface area contributed by atoms with Crippen LogP contribution in [0, 0.1) is 0 Å². The SMILES string of the molecule is CC(C)c1cccc(C(C)C)c1NC(=O)NS(=O)(=O)C1OC=C(C(C)(C)O)C1=O. The summed E-state index contributed by atoms with van der Waals surface area (Å²) in [7, 11) is -4.48. The summed E-state index contributed by atoms with van der Waals surface area (Å²) in [5, 5.41) is 12.6. The van der Waals surface area contributed by atoms with Crippen molar-refractivity contribution in [2.45, 2.75) is 64.4 Å². The fourth-order valence-electron chi connectivity index (χ4n) is 3.05. The first-order chi connectivity index (χ1) is 13.3. The second-order valence-electron chi connectivity index (χ2n) is 8.14. The van der Waals surface area contributed by atoms with Gasteiger partial charge in [-0.05, 0) is 36.8 Å². The number of hydrogen-bond acceptors (Lipinski definition) is 6. The number of ketones is 1. The molecule has 9 heteroatoms. The highest BCUT2D eigenvalue weighted by atomic mass is 32.2. The molecule has 0 aromatic heterocycles. The number of carbonyl (C=O) groups excluding carboxylic acids is 2. The van der Waals surface area contributed by atoms with Gasteiger partial charge < -0.3 is 15.2 Å². The Morgan fingerprint density at radius 2 is 1.66 bits per heavy atom. The van der Waals surface area contributed by atoms with Gasteiger partial charge in [-0.25, -0.2) is 17.9 Å². The maximum atomic E-state index is 12.5. The highest BCUT2D eigenvalue weighted by molar-refractivity contribution is 7.91. The van der Waals surface area contributed by atoms with Crippen LogP contribution in [0.25, 0.3) is 0 Å². The monoisotopic (exact) mass is 424 g/mol. The number of aliphatic hydroxyl groups is 1. The first-order valence-electron chi connectivity index (χ1n) is 9.33. The van der Waals surface area contributed by atoms with Gasteiger partial charge in [0.15, 0.2) is 0 Å². The van der Waals surface area contributed by atoms with Gasteiger partial charge in [0.05, 0.1) is 17.4 Å². The molecule has 1 heterocycles. The minimum Gasteiger partial charge on any atom is -0.471 e. The van der Waals surface area contributed by atoms with Crippen molar-refractivity contribution in [3.8, 4) is 0 Å². The molecule has 3 N–H and O–H groups in total. The highest BCUT2D eigenvalue weighted by Gasteiger charge is 2.45. The number of anilines is 1. The third-order valence-corrected chi connectivity index (χ3v) is 5.94. The number of urea groups is 1. The van der Waals surface area contributed by atoms with E-state index in [1.807, 2.05) is 50.6 Å². The summed E-state index contributed by atoms with van der Waals surface area (Å²) in [6, 6.07) is 4.63. The predicted octanol–water partition coefficient (Wildman–Crippen LogP) is 2.96. The maximum absolute atomic E-state index is 12.5. The molecule has 160 valence electrons. The standard InChI is InChI=1S/C20H28N2O6S/c1-11(2)13-8-7-9-14(12(3)4)16(13)21-19(24)22-29(26,27)18-17(23)15(10-28-18)20(5,6)25/h7-12,18,25H,1-6H3,(H2,21,22,24). The van der Waals surface area contributed by atoms with E-state index in [2.05, 4.69) is 5.32 Å². The van der Waals surface area contributed by atoms with Crippen LogP contribution in [0.3, 0.4) is 0 Å². The van der Waals surface area contributed by atoms with E-state index in [0.29, 0.717) is 5.69 Å². The van der Waals surface area contributed by atoms with Crippen molar-refractivity contribution in [3.05, 3.63) is 41.2 Å². The van der Waals surface area contributed by atoms with Crippen molar-refractivity contribution < 1.29 is 27.9 Å². The zero-order valence-electron chi connectivity index (χ0n) is 17.4. The molecule has 0 saturated carbocycles. The number of ether oxygens (including phenoxy) is 1. The molecule has 29 heavy (non-hydrogen) atoms. The van der Waals surface area contributed by atoms with Crippen LogP contribution >= 0.6 is 0 Å². The average molecular weight is 425 g/mol. The van der Waals surface area contributed by atoms with Crippen molar-refractivity contribution in [2.75, 3.05) is 5.32 Å². The van der Waals surface area contributed by atoms with Crippen LogP contribution in [0.5, 0.6) is 0 Å². The number of sulfonamides is 1. The number of benzene rings is 1. The molecule has 8 nitrogen and oxygen atoms in total. The molecule has 0 saturated heterocycles. The molecule has 1 aromatic rings. The fraction of sp³-hybridized carbons (Fsp3) is 0.500. The van der Waals surface area contributed by atoms with Crippen LogP contribution in [0.1, 0.15) is 64.5 Å². The van der Waals surface area contributed by atoms with Crippen LogP contribution in [0.4, 0.5) is 10.5 Å². The van der Waals surface area contributed by atoms with E-state index < -0.39 is 32.9 Å². The normalized spacial score (nSPS) is 17.3. The predicted molar refractivity (Wildman–Crippen MR) is 110 cm³/mol. The number of nitrogens with one attached hydrogen (secondary N) is 2. The molecule has 0 aliphatic carbocycles. The summed E-state index contributed by atoms with van der Waals surface area (Å²) in [4.78, 5) is 24.8. The van der Waals surface area contributed by atoms with Gasteiger partial charge in [-0.3, -0.25) is 4.79 Å². The molecule has 1 aliphatic heterocycles. The summed E-state index contributed by atoms with van der Waals surface area (Å²) in [5.41, 5.74) is -1.41. The Hall–Kier alpha value is -2.39. The lowest BCUT2D eigenvalue weighted by Gasteiger charge is -2.21. The summed E-state index contributed by atoms with van der Waals surface area (Å²) in [6.45, 7) is 10.5. The molecule has 1 unspecified atom stereocenters. The van der Waals surface area contributed by atoms with E-state index in [-0.39, 0.29) is 17.4 Å². The lowest BCUT2D eigenvalue weighted by molar-refractivity contribution is -0.119. The third-order valence-electron chi connectivity index (χ3n) is 4.58. The van der Waals surface area contributed by atoms with Gasteiger partial charge in [0.1, 0.15) is 0 Å². The van der Waals surface area contributed by atoms with Crippen molar-refractivity contribution >= 4 is 27.5 Å². The van der Waals surface area contributed by atoms with Crippen LogP contribution in [0.15, 0.2) is 30.0 Å². The van der Waals surface area contributed by atoms with Crippen molar-refractivity contribution in [3.63, 3.8) is 0 Å². The first kappa shape index (κ1) is 22.9. The quantitative estimate of drug-likeness (QED) is 0.645. The van der Waals surface area contributed by atoms with Crippen LogP contribution < -0.4 is 10.0 Å². The smallest absolute Gasteiger partial charge is 0.332 e. The van der Waals surface area contributed by atoms with Crippen molar-refractivity contribution in [1.82, 2.24) is 4.72 Å². The van der Waals surface area contributed by atoms with E-state index in [0.717, 1.165) is 17.4 Å². The second-order valence-corrected chi connectivity index (χ2v) is 9.87. The molecule has 2 amide bonds. The Labute approximate surface area is 171 Å². The number of para-hydroxylation sites is 1. The fourth-order valence-corrected chi connectivity index (χ4v) is 4.08. The van der Waals surface area contributed by atoms with Gasteiger partial charge in [0, 0.05) is 5.69 Å². The Balaban J connectivity index is 2.23. The molecular formula is C20H28N2O6S. The van der Waals surface area contributed by atoms with Crippen molar-refractivity contribution in [1.29, 1.82) is 0 Å². The molecule has 0 spiro atoms. The summed E-state index contributed by atoms with van der Waals surface area (Å²) >= 11 is 0. The molecule has 0 fully saturated rings. The Kier molecular flexibility index (Phi) is 6.44. The van der Waals surface area contributed by atoms with Gasteiger partial charge in [0.2, 0.25) is 5.78 Å². The van der Waals surface area contributed by atoms with Crippen molar-refractivity contribution in [2.24, 2.45) is 0 Å². The molecule has 1 aromatic carbocycles. The van der Waals surface area contributed by atoms with E-state index in [1.54, 1.807) is 0 Å². The van der Waals surface area contributed by atoms with Gasteiger partial charge in [0.25, 0.3) is 15.5 Å². The Morgan fingerprint density at radius 1 is 1.14 bits per heavy atom. The largest absolute Gasteiger partial charge is 0.471 e. The Morgan fingerprint density at radius 3 is 2.07 bits per heavy atom. The second kappa shape index (κ2) is 8.16. The third kappa shape index (κ3) is 4.97. The van der Waals surface area contributed by atoms with E-state index in [9.17, 15) is 23.1 Å². The number of amides is 2. The minimum absolute atomic E-state index is 0.0962. The lowest BCUT2D eigenvalue weighted by atomic mass is 9.93. The van der Waals surface area contributed by atoms with E-state index in [1.165, 1.54) is 13.8 Å². The minimum atomic E-state index is -4.48. The molecule has 1 aliphatic rings. The molecular weight excluding hydrogens is 396 g/mol. The molecule has 0 radical (unpaired) electrons. The Bertz CT molecular complexity index is 916. The highest BCUT2D eigenvalue weighted by Crippen LogP contribution is 2.32. The lowest BCUT2D eigenvalue weighted by Crippen LogP contribution is -2.44. The average Bonchev–Trinajstić information content (AvgIpc) is 2.96. The summed E-state index contributed by atoms with van der Waals surface area (Å²) in [5.74, 6) is -0.721. The van der Waals surface area contributed by atoms with E-state index >= 15 is 0 Å². The topological polar surface area (TPSA) is 122 Å². The van der Waals surface area contributed by atoms with Crippen LogP contribution in [-0.2, 0) is 19.6 Å². The number of carbonyl (C=O) groups is 2. The zero-order valence-corrected chi connectivity index (χ0v) is 18.3. The van der Waals surface area contributed by atoms with E-state index in [4.69, 9.17) is 4.74 Å². The maximum Gasteiger partial charge on any atom is 0.332 e. The molecule has 0 bridgehead atoms. The zero-order chi connectivity index (χ0) is 22.1. The summed E-state index contributed by atoms with van der Waals surface area (Å²) < 4.78 is 31.8. The number of Topliss-reactive ketones (excluding diaryl/α,β-unsaturated/α-hetero) is 1. The molecule has 1 atom stereocenters. The number of rotatable bonds is 6. The van der Waals surface area contributed by atoms with Gasteiger partial charge in [-0.15, -0.1) is 0 Å².